The van der Waals surface area contributed by atoms with Gasteiger partial charge in [-0.25, -0.2) is 0 Å². The molecule has 1 aromatic rings. The molecule has 1 aliphatic rings. The zero-order valence-electron chi connectivity index (χ0n) is 10.8. The van der Waals surface area contributed by atoms with Crippen LogP contribution in [-0.2, 0) is 0 Å². The van der Waals surface area contributed by atoms with E-state index in [1.807, 2.05) is 0 Å². The zero-order valence-corrected chi connectivity index (χ0v) is 12.4. The Balaban J connectivity index is 2.21. The predicted molar refractivity (Wildman–Crippen MR) is 77.1 cm³/mol. The molecule has 0 aromatic heterocycles. The van der Waals surface area contributed by atoms with Crippen LogP contribution >= 0.6 is 15.9 Å². The molecule has 1 aliphatic carbocycles. The van der Waals surface area contributed by atoms with E-state index in [1.54, 1.807) is 0 Å². The summed E-state index contributed by atoms with van der Waals surface area (Å²) in [4.78, 5) is 0. The lowest BCUT2D eigenvalue weighted by Crippen LogP contribution is -2.23. The Kier molecular flexibility index (Phi) is 4.26. The van der Waals surface area contributed by atoms with Gasteiger partial charge in [-0.15, -0.1) is 0 Å². The van der Waals surface area contributed by atoms with Crippen molar-refractivity contribution < 1.29 is 0 Å². The summed E-state index contributed by atoms with van der Waals surface area (Å²) in [6.45, 7) is 4.29. The number of hydrogen-bond donors (Lipinski definition) is 1. The molecule has 0 spiro atoms. The van der Waals surface area contributed by atoms with Crippen molar-refractivity contribution in [2.75, 3.05) is 0 Å². The normalized spacial score (nSPS) is 19.3. The van der Waals surface area contributed by atoms with Gasteiger partial charge < -0.3 is 5.73 Å². The molecule has 2 rings (SSSR count). The number of aryl methyl sites for hydroxylation is 2. The Morgan fingerprint density at radius 3 is 2.18 bits per heavy atom. The minimum absolute atomic E-state index is 0.223. The smallest absolute Gasteiger partial charge is 0.0323 e. The van der Waals surface area contributed by atoms with Gasteiger partial charge in [0.15, 0.2) is 0 Å². The first kappa shape index (κ1) is 13.1. The first-order valence-electron chi connectivity index (χ1n) is 6.62. The average Bonchev–Trinajstić information content (AvgIpc) is 2.35. The van der Waals surface area contributed by atoms with E-state index in [-0.39, 0.29) is 6.04 Å². The topological polar surface area (TPSA) is 26.0 Å². The van der Waals surface area contributed by atoms with E-state index in [0.29, 0.717) is 5.92 Å². The fourth-order valence-corrected chi connectivity index (χ4v) is 3.17. The zero-order chi connectivity index (χ0) is 12.4. The lowest BCUT2D eigenvalue weighted by Gasteiger charge is -2.28. The maximum absolute atomic E-state index is 6.44. The fourth-order valence-electron chi connectivity index (χ4n) is 2.94. The van der Waals surface area contributed by atoms with Crippen LogP contribution in [0.25, 0.3) is 0 Å². The van der Waals surface area contributed by atoms with Crippen molar-refractivity contribution in [3.63, 3.8) is 0 Å². The van der Waals surface area contributed by atoms with Crippen LogP contribution in [0.5, 0.6) is 0 Å². The third kappa shape index (κ3) is 2.92. The second-order valence-corrected chi connectivity index (χ2v) is 6.19. The van der Waals surface area contributed by atoms with Crippen LogP contribution in [0.4, 0.5) is 0 Å². The fraction of sp³-hybridized carbons (Fsp3) is 0.600. The summed E-state index contributed by atoms with van der Waals surface area (Å²) in [7, 11) is 0. The first-order chi connectivity index (χ1) is 8.09. The van der Waals surface area contributed by atoms with Gasteiger partial charge in [-0.2, -0.15) is 0 Å². The standard InChI is InChI=1S/C15H22BrN/c1-10-8-13(9-11(2)14(10)16)15(17)12-6-4-3-5-7-12/h8-9,12,15H,3-7,17H2,1-2H3. The van der Waals surface area contributed by atoms with Crippen LogP contribution in [0.2, 0.25) is 0 Å². The van der Waals surface area contributed by atoms with Crippen LogP contribution < -0.4 is 5.73 Å². The Labute approximate surface area is 113 Å². The van der Waals surface area contributed by atoms with E-state index in [2.05, 4.69) is 41.9 Å². The Morgan fingerprint density at radius 1 is 1.12 bits per heavy atom. The first-order valence-corrected chi connectivity index (χ1v) is 7.41. The molecule has 0 heterocycles. The van der Waals surface area contributed by atoms with Crippen LogP contribution in [-0.4, -0.2) is 0 Å². The highest BCUT2D eigenvalue weighted by Crippen LogP contribution is 2.34. The van der Waals surface area contributed by atoms with Gasteiger partial charge in [0.25, 0.3) is 0 Å². The van der Waals surface area contributed by atoms with E-state index in [0.717, 1.165) is 0 Å². The average molecular weight is 296 g/mol. The van der Waals surface area contributed by atoms with Crippen LogP contribution in [0, 0.1) is 19.8 Å². The summed E-state index contributed by atoms with van der Waals surface area (Å²) in [5.74, 6) is 0.684. The number of rotatable bonds is 2. The number of hydrogen-bond acceptors (Lipinski definition) is 1. The lowest BCUT2D eigenvalue weighted by molar-refractivity contribution is 0.308. The third-order valence-electron chi connectivity index (χ3n) is 4.00. The quantitative estimate of drug-likeness (QED) is 0.845. The van der Waals surface area contributed by atoms with Gasteiger partial charge >= 0.3 is 0 Å². The highest BCUT2D eigenvalue weighted by atomic mass is 79.9. The van der Waals surface area contributed by atoms with E-state index in [4.69, 9.17) is 5.73 Å². The van der Waals surface area contributed by atoms with Crippen LogP contribution in [0.15, 0.2) is 16.6 Å². The highest BCUT2D eigenvalue weighted by Gasteiger charge is 2.22. The van der Waals surface area contributed by atoms with Gasteiger partial charge in [0, 0.05) is 10.5 Å². The SMILES string of the molecule is Cc1cc(C(N)C2CCCCC2)cc(C)c1Br. The summed E-state index contributed by atoms with van der Waals surface area (Å²) in [5.41, 5.74) is 10.4. The molecular formula is C15H22BrN. The van der Waals surface area contributed by atoms with Crippen molar-refractivity contribution in [1.82, 2.24) is 0 Å². The second kappa shape index (κ2) is 5.53. The maximum Gasteiger partial charge on any atom is 0.0323 e. The van der Waals surface area contributed by atoms with Gasteiger partial charge in [0.2, 0.25) is 0 Å². The summed E-state index contributed by atoms with van der Waals surface area (Å²) in [5, 5.41) is 0. The van der Waals surface area contributed by atoms with Crippen molar-refractivity contribution in [2.45, 2.75) is 52.0 Å². The molecule has 17 heavy (non-hydrogen) atoms. The molecule has 1 unspecified atom stereocenters. The van der Waals surface area contributed by atoms with E-state index >= 15 is 0 Å². The largest absolute Gasteiger partial charge is 0.324 e. The van der Waals surface area contributed by atoms with Gasteiger partial charge in [-0.3, -0.25) is 0 Å². The third-order valence-corrected chi connectivity index (χ3v) is 5.25. The Hall–Kier alpha value is -0.340. The van der Waals surface area contributed by atoms with Crippen molar-refractivity contribution in [3.8, 4) is 0 Å². The second-order valence-electron chi connectivity index (χ2n) is 5.39. The minimum atomic E-state index is 0.223. The number of benzene rings is 1. The lowest BCUT2D eigenvalue weighted by atomic mass is 9.81. The minimum Gasteiger partial charge on any atom is -0.324 e. The molecule has 0 radical (unpaired) electrons. The summed E-state index contributed by atoms with van der Waals surface area (Å²) >= 11 is 3.62. The molecule has 0 saturated heterocycles. The molecule has 0 aliphatic heterocycles. The summed E-state index contributed by atoms with van der Waals surface area (Å²) in [6, 6.07) is 4.72. The monoisotopic (exact) mass is 295 g/mol. The van der Waals surface area contributed by atoms with Crippen molar-refractivity contribution in [3.05, 3.63) is 33.3 Å². The van der Waals surface area contributed by atoms with E-state index < -0.39 is 0 Å². The molecular weight excluding hydrogens is 274 g/mol. The molecule has 1 nitrogen and oxygen atoms in total. The molecule has 1 fully saturated rings. The van der Waals surface area contributed by atoms with Crippen LogP contribution in [0.1, 0.15) is 54.8 Å². The molecule has 2 heteroatoms. The molecule has 1 saturated carbocycles. The van der Waals surface area contributed by atoms with Gasteiger partial charge in [-0.05, 0) is 49.3 Å². The van der Waals surface area contributed by atoms with Crippen molar-refractivity contribution >= 4 is 15.9 Å². The molecule has 94 valence electrons. The number of halogens is 1. The van der Waals surface area contributed by atoms with Crippen molar-refractivity contribution in [2.24, 2.45) is 11.7 Å². The maximum atomic E-state index is 6.44. The predicted octanol–water partition coefficient (Wildman–Crippen LogP) is 4.65. The highest BCUT2D eigenvalue weighted by molar-refractivity contribution is 9.10. The Morgan fingerprint density at radius 2 is 1.65 bits per heavy atom. The van der Waals surface area contributed by atoms with Gasteiger partial charge in [0.1, 0.15) is 0 Å². The van der Waals surface area contributed by atoms with E-state index in [9.17, 15) is 0 Å². The Bertz CT molecular complexity index is 371. The molecule has 1 aromatic carbocycles. The summed E-state index contributed by atoms with van der Waals surface area (Å²) in [6.07, 6.45) is 6.70. The van der Waals surface area contributed by atoms with Crippen molar-refractivity contribution in [1.29, 1.82) is 0 Å². The molecule has 1 atom stereocenters. The molecule has 2 N–H and O–H groups in total. The van der Waals surface area contributed by atoms with Crippen LogP contribution in [0.3, 0.4) is 0 Å². The molecule has 0 bridgehead atoms. The van der Waals surface area contributed by atoms with Gasteiger partial charge in [0.05, 0.1) is 0 Å². The van der Waals surface area contributed by atoms with Gasteiger partial charge in [-0.1, -0.05) is 47.3 Å². The summed E-state index contributed by atoms with van der Waals surface area (Å²) < 4.78 is 1.22. The van der Waals surface area contributed by atoms with E-state index in [1.165, 1.54) is 53.3 Å². The molecule has 0 amide bonds. The number of nitrogens with two attached hydrogens (primary N) is 1.